The van der Waals surface area contributed by atoms with Crippen LogP contribution in [0.1, 0.15) is 20.7 Å². The Morgan fingerprint density at radius 1 is 1.21 bits per heavy atom. The van der Waals surface area contributed by atoms with Crippen LogP contribution in [0, 0.1) is 0 Å². The van der Waals surface area contributed by atoms with Crippen molar-refractivity contribution < 1.29 is 14.0 Å². The van der Waals surface area contributed by atoms with Gasteiger partial charge >= 0.3 is 5.63 Å². The summed E-state index contributed by atoms with van der Waals surface area (Å²) in [4.78, 5) is 34.6. The van der Waals surface area contributed by atoms with Crippen molar-refractivity contribution in [1.29, 1.82) is 0 Å². The van der Waals surface area contributed by atoms with E-state index in [0.717, 1.165) is 6.07 Å². The number of benzene rings is 1. The van der Waals surface area contributed by atoms with Crippen LogP contribution in [-0.2, 0) is 0 Å². The number of halogens is 2. The first-order valence-corrected chi connectivity index (χ1v) is 6.98. The average Bonchev–Trinajstić information content (AvgIpc) is 2.43. The average molecular weight is 344 g/mol. The highest BCUT2D eigenvalue weighted by Crippen LogP contribution is 2.20. The van der Waals surface area contributed by atoms with Crippen molar-refractivity contribution in [3.05, 3.63) is 45.8 Å². The Labute approximate surface area is 121 Å². The lowest BCUT2D eigenvalue weighted by Gasteiger charge is -2.04. The van der Waals surface area contributed by atoms with E-state index in [1.54, 1.807) is 12.1 Å². The Balaban J connectivity index is 2.71. The number of rotatable bonds is 4. The van der Waals surface area contributed by atoms with Crippen LogP contribution in [0.4, 0.5) is 0 Å². The fourth-order valence-corrected chi connectivity index (χ4v) is 2.18. The summed E-state index contributed by atoms with van der Waals surface area (Å²) in [6.45, 7) is 0. The van der Waals surface area contributed by atoms with E-state index >= 15 is 0 Å². The number of fused-ring (bicyclic) bond motifs is 1. The van der Waals surface area contributed by atoms with Gasteiger partial charge in [-0.1, -0.05) is 22.0 Å². The second-order valence-electron chi connectivity index (χ2n) is 3.80. The SMILES string of the molecule is O=C(CBr)c1ccc2c(C(=O)CCl)cc(=O)oc2c1. The van der Waals surface area contributed by atoms with E-state index in [1.165, 1.54) is 6.07 Å². The Morgan fingerprint density at radius 3 is 2.58 bits per heavy atom. The van der Waals surface area contributed by atoms with E-state index in [0.29, 0.717) is 10.9 Å². The molecule has 0 spiro atoms. The lowest BCUT2D eigenvalue weighted by molar-refractivity contribution is 0.101. The quantitative estimate of drug-likeness (QED) is 0.486. The second kappa shape index (κ2) is 5.67. The Hall–Kier alpha value is -1.46. The van der Waals surface area contributed by atoms with Crippen LogP contribution in [-0.4, -0.2) is 22.8 Å². The van der Waals surface area contributed by atoms with Gasteiger partial charge in [-0.2, -0.15) is 0 Å². The predicted molar refractivity (Wildman–Crippen MR) is 75.7 cm³/mol. The normalized spacial score (nSPS) is 10.6. The van der Waals surface area contributed by atoms with E-state index in [1.807, 2.05) is 0 Å². The third-order valence-corrected chi connectivity index (χ3v) is 3.36. The molecule has 0 saturated carbocycles. The predicted octanol–water partition coefficient (Wildman–Crippen LogP) is 2.79. The van der Waals surface area contributed by atoms with Gasteiger partial charge in [0, 0.05) is 22.6 Å². The number of carbonyl (C=O) groups excluding carboxylic acids is 2. The molecule has 2 rings (SSSR count). The molecule has 0 radical (unpaired) electrons. The smallest absolute Gasteiger partial charge is 0.336 e. The maximum absolute atomic E-state index is 11.7. The van der Waals surface area contributed by atoms with Crippen molar-refractivity contribution in [2.45, 2.75) is 0 Å². The summed E-state index contributed by atoms with van der Waals surface area (Å²) >= 11 is 8.57. The summed E-state index contributed by atoms with van der Waals surface area (Å²) in [6.07, 6.45) is 0. The first-order chi connectivity index (χ1) is 9.06. The summed E-state index contributed by atoms with van der Waals surface area (Å²) in [6, 6.07) is 5.72. The van der Waals surface area contributed by atoms with Gasteiger partial charge in [-0.25, -0.2) is 4.79 Å². The van der Waals surface area contributed by atoms with Crippen molar-refractivity contribution in [2.24, 2.45) is 0 Å². The molecule has 1 heterocycles. The van der Waals surface area contributed by atoms with Crippen LogP contribution >= 0.6 is 27.5 Å². The van der Waals surface area contributed by atoms with Gasteiger partial charge in [0.05, 0.1) is 11.2 Å². The van der Waals surface area contributed by atoms with Gasteiger partial charge in [0.15, 0.2) is 11.6 Å². The molecular formula is C13H8BrClO4. The topological polar surface area (TPSA) is 64.3 Å². The summed E-state index contributed by atoms with van der Waals surface area (Å²) in [5.74, 6) is -0.724. The molecule has 0 amide bonds. The van der Waals surface area contributed by atoms with Crippen LogP contribution in [0.3, 0.4) is 0 Å². The number of hydrogen-bond donors (Lipinski definition) is 0. The van der Waals surface area contributed by atoms with Crippen LogP contribution in [0.15, 0.2) is 33.5 Å². The maximum atomic E-state index is 11.7. The van der Waals surface area contributed by atoms with Crippen molar-refractivity contribution in [3.8, 4) is 0 Å². The summed E-state index contributed by atoms with van der Waals surface area (Å²) in [5.41, 5.74) is 0.166. The molecule has 0 saturated heterocycles. The first-order valence-electron chi connectivity index (χ1n) is 5.33. The molecule has 0 bridgehead atoms. The van der Waals surface area contributed by atoms with E-state index in [4.69, 9.17) is 16.0 Å². The molecular weight excluding hydrogens is 335 g/mol. The molecule has 0 atom stereocenters. The molecule has 2 aromatic rings. The third kappa shape index (κ3) is 2.77. The molecule has 6 heteroatoms. The van der Waals surface area contributed by atoms with Crippen LogP contribution in [0.2, 0.25) is 0 Å². The molecule has 4 nitrogen and oxygen atoms in total. The molecule has 0 unspecified atom stereocenters. The molecule has 98 valence electrons. The van der Waals surface area contributed by atoms with E-state index in [-0.39, 0.29) is 33.9 Å². The maximum Gasteiger partial charge on any atom is 0.336 e. The zero-order chi connectivity index (χ0) is 14.0. The van der Waals surface area contributed by atoms with Crippen LogP contribution in [0.5, 0.6) is 0 Å². The zero-order valence-corrected chi connectivity index (χ0v) is 12.0. The minimum atomic E-state index is -0.649. The molecule has 0 fully saturated rings. The first kappa shape index (κ1) is 14.0. The Bertz CT molecular complexity index is 720. The molecule has 19 heavy (non-hydrogen) atoms. The standard InChI is InChI=1S/C13H8BrClO4/c14-5-10(16)7-1-2-8-9(11(17)6-15)4-13(18)19-12(8)3-7/h1-4H,5-6H2. The molecule has 0 aliphatic heterocycles. The third-order valence-electron chi connectivity index (χ3n) is 2.61. The largest absolute Gasteiger partial charge is 0.423 e. The molecule has 0 N–H and O–H groups in total. The van der Waals surface area contributed by atoms with E-state index < -0.39 is 5.63 Å². The fraction of sp³-hybridized carbons (Fsp3) is 0.154. The molecule has 1 aromatic carbocycles. The summed E-state index contributed by atoms with van der Waals surface area (Å²) in [7, 11) is 0. The molecule has 0 aliphatic rings. The number of alkyl halides is 2. The van der Waals surface area contributed by atoms with Crippen molar-refractivity contribution >= 4 is 50.1 Å². The van der Waals surface area contributed by atoms with Crippen molar-refractivity contribution in [2.75, 3.05) is 11.2 Å². The van der Waals surface area contributed by atoms with Gasteiger partial charge in [-0.05, 0) is 12.1 Å². The molecule has 0 aliphatic carbocycles. The van der Waals surface area contributed by atoms with E-state index in [9.17, 15) is 14.4 Å². The Morgan fingerprint density at radius 2 is 1.95 bits per heavy atom. The van der Waals surface area contributed by atoms with Gasteiger partial charge < -0.3 is 4.42 Å². The summed E-state index contributed by atoms with van der Waals surface area (Å²) < 4.78 is 5.01. The number of hydrogen-bond acceptors (Lipinski definition) is 4. The van der Waals surface area contributed by atoms with Gasteiger partial charge in [0.25, 0.3) is 0 Å². The number of carbonyl (C=O) groups is 2. The highest BCUT2D eigenvalue weighted by atomic mass is 79.9. The Kier molecular flexibility index (Phi) is 4.17. The van der Waals surface area contributed by atoms with Crippen LogP contribution < -0.4 is 5.63 Å². The minimum absolute atomic E-state index is 0.140. The van der Waals surface area contributed by atoms with Crippen molar-refractivity contribution in [1.82, 2.24) is 0 Å². The zero-order valence-electron chi connectivity index (χ0n) is 9.61. The van der Waals surface area contributed by atoms with Gasteiger partial charge in [0.1, 0.15) is 5.58 Å². The fourth-order valence-electron chi connectivity index (χ4n) is 1.72. The van der Waals surface area contributed by atoms with Gasteiger partial charge in [-0.15, -0.1) is 11.6 Å². The lowest BCUT2D eigenvalue weighted by atomic mass is 10.0. The monoisotopic (exact) mass is 342 g/mol. The van der Waals surface area contributed by atoms with Gasteiger partial charge in [0.2, 0.25) is 0 Å². The molecule has 1 aromatic heterocycles. The minimum Gasteiger partial charge on any atom is -0.423 e. The van der Waals surface area contributed by atoms with E-state index in [2.05, 4.69) is 15.9 Å². The second-order valence-corrected chi connectivity index (χ2v) is 4.63. The lowest BCUT2D eigenvalue weighted by Crippen LogP contribution is -2.08. The van der Waals surface area contributed by atoms with Crippen LogP contribution in [0.25, 0.3) is 11.0 Å². The number of ketones is 2. The summed E-state index contributed by atoms with van der Waals surface area (Å²) in [5, 5.41) is 0.639. The van der Waals surface area contributed by atoms with Gasteiger partial charge in [-0.3, -0.25) is 9.59 Å². The number of Topliss-reactive ketones (excluding diaryl/α,β-unsaturated/α-hetero) is 2. The highest BCUT2D eigenvalue weighted by Gasteiger charge is 2.14. The highest BCUT2D eigenvalue weighted by molar-refractivity contribution is 9.09. The van der Waals surface area contributed by atoms with Crippen molar-refractivity contribution in [3.63, 3.8) is 0 Å².